The molecule has 1 rings (SSSR count). The average molecular weight is 249 g/mol. The van der Waals surface area contributed by atoms with Crippen LogP contribution in [0, 0.1) is 0 Å². The molecule has 0 aromatic heterocycles. The van der Waals surface area contributed by atoms with Gasteiger partial charge in [-0.1, -0.05) is 63.3 Å². The first kappa shape index (κ1) is 15.2. The molecule has 2 N–H and O–H groups in total. The zero-order valence-corrected chi connectivity index (χ0v) is 11.7. The minimum atomic E-state index is 0.594. The highest BCUT2D eigenvalue weighted by Gasteiger charge is 1.99. The van der Waals surface area contributed by atoms with Crippen LogP contribution >= 0.6 is 0 Å². The average Bonchev–Trinajstić information content (AvgIpc) is 2.42. The summed E-state index contributed by atoms with van der Waals surface area (Å²) in [6, 6.07) is 8.24. The fourth-order valence-electron chi connectivity index (χ4n) is 2.06. The van der Waals surface area contributed by atoms with Gasteiger partial charge in [-0.15, -0.1) is 0 Å². The first-order valence-corrected chi connectivity index (χ1v) is 7.23. The molecule has 18 heavy (non-hydrogen) atoms. The smallest absolute Gasteiger partial charge is 0.0720 e. The van der Waals surface area contributed by atoms with E-state index in [1.54, 1.807) is 0 Å². The molecule has 1 aromatic carbocycles. The third kappa shape index (κ3) is 6.18. The van der Waals surface area contributed by atoms with Crippen LogP contribution in [-0.4, -0.2) is 6.61 Å². The lowest BCUT2D eigenvalue weighted by atomic mass is 10.1. The Bertz CT molecular complexity index is 312. The van der Waals surface area contributed by atoms with E-state index in [9.17, 15) is 0 Å². The molecule has 0 radical (unpaired) electrons. The largest absolute Gasteiger partial charge is 0.377 e. The minimum Gasteiger partial charge on any atom is -0.377 e. The molecule has 0 saturated heterocycles. The molecule has 0 aliphatic rings. The van der Waals surface area contributed by atoms with Crippen LogP contribution in [0.3, 0.4) is 0 Å². The van der Waals surface area contributed by atoms with Gasteiger partial charge in [0.1, 0.15) is 0 Å². The Kier molecular flexibility index (Phi) is 8.53. The van der Waals surface area contributed by atoms with Gasteiger partial charge < -0.3 is 10.5 Å². The van der Waals surface area contributed by atoms with Gasteiger partial charge in [0.05, 0.1) is 6.61 Å². The summed E-state index contributed by atoms with van der Waals surface area (Å²) >= 11 is 0. The van der Waals surface area contributed by atoms with Crippen LogP contribution in [-0.2, 0) is 17.9 Å². The van der Waals surface area contributed by atoms with Gasteiger partial charge in [0.25, 0.3) is 0 Å². The van der Waals surface area contributed by atoms with E-state index in [0.717, 1.165) is 6.61 Å². The summed E-state index contributed by atoms with van der Waals surface area (Å²) in [6.45, 7) is 4.40. The van der Waals surface area contributed by atoms with Crippen LogP contribution in [0.2, 0.25) is 0 Å². The summed E-state index contributed by atoms with van der Waals surface area (Å²) in [5.41, 5.74) is 8.12. The first-order valence-electron chi connectivity index (χ1n) is 7.23. The van der Waals surface area contributed by atoms with Gasteiger partial charge in [0.2, 0.25) is 0 Å². The second-order valence-electron chi connectivity index (χ2n) is 4.79. The molecule has 0 unspecified atom stereocenters. The Morgan fingerprint density at radius 3 is 2.33 bits per heavy atom. The number of unbranched alkanes of at least 4 members (excludes halogenated alkanes) is 5. The molecule has 0 amide bonds. The van der Waals surface area contributed by atoms with Gasteiger partial charge in [-0.25, -0.2) is 0 Å². The summed E-state index contributed by atoms with van der Waals surface area (Å²) in [4.78, 5) is 0. The predicted octanol–water partition coefficient (Wildman–Crippen LogP) is 4.02. The third-order valence-electron chi connectivity index (χ3n) is 3.24. The monoisotopic (exact) mass is 249 g/mol. The predicted molar refractivity (Wildman–Crippen MR) is 77.4 cm³/mol. The van der Waals surface area contributed by atoms with E-state index in [1.807, 2.05) is 12.1 Å². The summed E-state index contributed by atoms with van der Waals surface area (Å²) in [5, 5.41) is 0. The van der Waals surface area contributed by atoms with Gasteiger partial charge in [-0.05, 0) is 17.5 Å². The molecule has 102 valence electrons. The van der Waals surface area contributed by atoms with Crippen molar-refractivity contribution in [3.05, 3.63) is 35.4 Å². The van der Waals surface area contributed by atoms with Gasteiger partial charge in [-0.3, -0.25) is 0 Å². The molecule has 0 heterocycles. The maximum absolute atomic E-state index is 5.71. The number of benzene rings is 1. The van der Waals surface area contributed by atoms with Gasteiger partial charge in [-0.2, -0.15) is 0 Å². The summed E-state index contributed by atoms with van der Waals surface area (Å²) in [6.07, 6.45) is 7.85. The number of hydrogen-bond donors (Lipinski definition) is 1. The second kappa shape index (κ2) is 10.1. The molecule has 0 atom stereocenters. The van der Waals surface area contributed by atoms with Crippen molar-refractivity contribution in [2.24, 2.45) is 5.73 Å². The van der Waals surface area contributed by atoms with E-state index in [-0.39, 0.29) is 0 Å². The maximum atomic E-state index is 5.71. The van der Waals surface area contributed by atoms with E-state index in [4.69, 9.17) is 10.5 Å². The molecule has 0 bridgehead atoms. The van der Waals surface area contributed by atoms with Crippen molar-refractivity contribution >= 4 is 0 Å². The fraction of sp³-hybridized carbons (Fsp3) is 0.625. The molecule has 1 aromatic rings. The van der Waals surface area contributed by atoms with Crippen LogP contribution in [0.1, 0.15) is 56.6 Å². The second-order valence-corrected chi connectivity index (χ2v) is 4.79. The lowest BCUT2D eigenvalue weighted by Gasteiger charge is -2.08. The van der Waals surface area contributed by atoms with E-state index in [2.05, 4.69) is 19.1 Å². The quantitative estimate of drug-likeness (QED) is 0.636. The van der Waals surface area contributed by atoms with E-state index in [0.29, 0.717) is 13.2 Å². The van der Waals surface area contributed by atoms with Crippen molar-refractivity contribution in [3.8, 4) is 0 Å². The SMILES string of the molecule is CCCCCCCCOCc1ccccc1CN. The zero-order valence-electron chi connectivity index (χ0n) is 11.7. The normalized spacial score (nSPS) is 10.8. The Morgan fingerprint density at radius 1 is 0.944 bits per heavy atom. The van der Waals surface area contributed by atoms with Gasteiger partial charge in [0.15, 0.2) is 0 Å². The Balaban J connectivity index is 2.07. The van der Waals surface area contributed by atoms with Crippen molar-refractivity contribution in [1.29, 1.82) is 0 Å². The Labute approximate surface area is 112 Å². The molecule has 0 spiro atoms. The van der Waals surface area contributed by atoms with Crippen molar-refractivity contribution in [2.45, 2.75) is 58.6 Å². The van der Waals surface area contributed by atoms with Crippen LogP contribution < -0.4 is 5.73 Å². The number of rotatable bonds is 10. The standard InChI is InChI=1S/C16H27NO/c1-2-3-4-5-6-9-12-18-14-16-11-8-7-10-15(16)13-17/h7-8,10-11H,2-6,9,12-14,17H2,1H3. The number of ether oxygens (including phenoxy) is 1. The molecule has 0 fully saturated rings. The fourth-order valence-corrected chi connectivity index (χ4v) is 2.06. The topological polar surface area (TPSA) is 35.2 Å². The van der Waals surface area contributed by atoms with E-state index < -0.39 is 0 Å². The van der Waals surface area contributed by atoms with Crippen LogP contribution in [0.4, 0.5) is 0 Å². The first-order chi connectivity index (χ1) is 8.88. The number of hydrogen-bond acceptors (Lipinski definition) is 2. The van der Waals surface area contributed by atoms with Crippen molar-refractivity contribution in [3.63, 3.8) is 0 Å². The summed E-state index contributed by atoms with van der Waals surface area (Å²) < 4.78 is 5.71. The minimum absolute atomic E-state index is 0.594. The van der Waals surface area contributed by atoms with Crippen LogP contribution in [0.25, 0.3) is 0 Å². The molecule has 0 aliphatic carbocycles. The van der Waals surface area contributed by atoms with Crippen molar-refractivity contribution < 1.29 is 4.74 Å². The van der Waals surface area contributed by atoms with E-state index >= 15 is 0 Å². The zero-order chi connectivity index (χ0) is 13.1. The molecule has 0 saturated carbocycles. The number of nitrogens with two attached hydrogens (primary N) is 1. The molecule has 2 heteroatoms. The highest BCUT2D eigenvalue weighted by molar-refractivity contribution is 5.26. The molecular weight excluding hydrogens is 222 g/mol. The molecule has 0 aliphatic heterocycles. The van der Waals surface area contributed by atoms with Crippen molar-refractivity contribution in [1.82, 2.24) is 0 Å². The maximum Gasteiger partial charge on any atom is 0.0720 e. The highest BCUT2D eigenvalue weighted by Crippen LogP contribution is 2.10. The Morgan fingerprint density at radius 2 is 1.61 bits per heavy atom. The highest BCUT2D eigenvalue weighted by atomic mass is 16.5. The van der Waals surface area contributed by atoms with Gasteiger partial charge in [0, 0.05) is 13.2 Å². The third-order valence-corrected chi connectivity index (χ3v) is 3.24. The lowest BCUT2D eigenvalue weighted by molar-refractivity contribution is 0.116. The lowest BCUT2D eigenvalue weighted by Crippen LogP contribution is -2.03. The van der Waals surface area contributed by atoms with E-state index in [1.165, 1.54) is 49.7 Å². The summed E-state index contributed by atoms with van der Waals surface area (Å²) in [5.74, 6) is 0. The Hall–Kier alpha value is -0.860. The van der Waals surface area contributed by atoms with Crippen molar-refractivity contribution in [2.75, 3.05) is 6.61 Å². The molecule has 2 nitrogen and oxygen atoms in total. The van der Waals surface area contributed by atoms with Crippen LogP contribution in [0.15, 0.2) is 24.3 Å². The molecular formula is C16H27NO. The summed E-state index contributed by atoms with van der Waals surface area (Å²) in [7, 11) is 0. The van der Waals surface area contributed by atoms with Gasteiger partial charge >= 0.3 is 0 Å². The van der Waals surface area contributed by atoms with Crippen LogP contribution in [0.5, 0.6) is 0 Å².